The van der Waals surface area contributed by atoms with Gasteiger partial charge < -0.3 is 14.8 Å². The highest BCUT2D eigenvalue weighted by Crippen LogP contribution is 2.24. The Morgan fingerprint density at radius 2 is 2.00 bits per heavy atom. The van der Waals surface area contributed by atoms with Gasteiger partial charge in [0.25, 0.3) is 5.91 Å². The molecule has 25 heavy (non-hydrogen) atoms. The second-order valence-electron chi connectivity index (χ2n) is 6.32. The number of ether oxygens (including phenoxy) is 2. The van der Waals surface area contributed by atoms with Gasteiger partial charge in [0.05, 0.1) is 30.4 Å². The van der Waals surface area contributed by atoms with E-state index in [0.717, 1.165) is 36.6 Å². The first-order valence-electron chi connectivity index (χ1n) is 8.64. The zero-order valence-corrected chi connectivity index (χ0v) is 15.9. The van der Waals surface area contributed by atoms with Crippen molar-refractivity contribution in [2.24, 2.45) is 0 Å². The summed E-state index contributed by atoms with van der Waals surface area (Å²) in [5.41, 5.74) is 1.48. The fourth-order valence-corrected chi connectivity index (χ4v) is 3.69. The number of nitrogens with one attached hydrogen (secondary N) is 1. The molecule has 2 aromatic rings. The van der Waals surface area contributed by atoms with E-state index in [1.807, 2.05) is 24.3 Å². The monoisotopic (exact) mass is 406 g/mol. The maximum absolute atomic E-state index is 12.8. The average molecular weight is 407 g/mol. The second kappa shape index (κ2) is 8.74. The first kappa shape index (κ1) is 18.3. The summed E-state index contributed by atoms with van der Waals surface area (Å²) in [6.07, 6.45) is 4.09. The fourth-order valence-electron chi connectivity index (χ4n) is 3.27. The van der Waals surface area contributed by atoms with E-state index in [0.29, 0.717) is 23.4 Å². The lowest BCUT2D eigenvalue weighted by Gasteiger charge is -2.29. The highest BCUT2D eigenvalue weighted by molar-refractivity contribution is 9.10. The van der Waals surface area contributed by atoms with Gasteiger partial charge in [-0.25, -0.2) is 4.98 Å². The van der Waals surface area contributed by atoms with Gasteiger partial charge in [-0.2, -0.15) is 0 Å². The summed E-state index contributed by atoms with van der Waals surface area (Å²) in [7, 11) is 1.68. The Hall–Kier alpha value is -1.50. The fraction of sp³-hybridized carbons (Fsp3) is 0.474. The van der Waals surface area contributed by atoms with E-state index >= 15 is 0 Å². The van der Waals surface area contributed by atoms with Gasteiger partial charge in [0.2, 0.25) is 0 Å². The number of para-hydroxylation sites is 1. The van der Waals surface area contributed by atoms with Gasteiger partial charge in [0.1, 0.15) is 4.60 Å². The van der Waals surface area contributed by atoms with Crippen LogP contribution in [0.25, 0.3) is 10.9 Å². The first-order chi connectivity index (χ1) is 12.2. The van der Waals surface area contributed by atoms with Crippen LogP contribution in [-0.2, 0) is 9.47 Å². The lowest BCUT2D eigenvalue weighted by atomic mass is 9.92. The van der Waals surface area contributed by atoms with E-state index in [9.17, 15) is 4.79 Å². The van der Waals surface area contributed by atoms with E-state index < -0.39 is 0 Å². The molecule has 1 N–H and O–H groups in total. The Balaban J connectivity index is 1.60. The van der Waals surface area contributed by atoms with Crippen molar-refractivity contribution in [3.05, 3.63) is 40.5 Å². The number of aromatic nitrogens is 1. The Bertz CT molecular complexity index is 730. The van der Waals surface area contributed by atoms with Crippen molar-refractivity contribution in [1.29, 1.82) is 0 Å². The molecule has 1 aromatic carbocycles. The maximum atomic E-state index is 12.8. The standard InChI is InChI=1S/C19H23BrN2O3/c1-24-10-11-25-14-8-6-13(7-9-14)21-19(23)16-12-18(20)22-17-5-3-2-4-15(16)17/h2-5,12-14H,6-11H2,1H3,(H,21,23). The molecular weight excluding hydrogens is 384 g/mol. The van der Waals surface area contributed by atoms with Gasteiger partial charge in [-0.1, -0.05) is 18.2 Å². The van der Waals surface area contributed by atoms with Crippen molar-refractivity contribution >= 4 is 32.7 Å². The average Bonchev–Trinajstić information content (AvgIpc) is 2.62. The maximum Gasteiger partial charge on any atom is 0.252 e. The minimum Gasteiger partial charge on any atom is -0.382 e. The third kappa shape index (κ3) is 4.77. The summed E-state index contributed by atoms with van der Waals surface area (Å²) in [6, 6.07) is 9.69. The van der Waals surface area contributed by atoms with Gasteiger partial charge in [-0.15, -0.1) is 0 Å². The SMILES string of the molecule is COCCOC1CCC(NC(=O)c2cc(Br)nc3ccccc23)CC1. The number of benzene rings is 1. The van der Waals surface area contributed by atoms with E-state index in [1.165, 1.54) is 0 Å². The molecule has 1 aliphatic rings. The van der Waals surface area contributed by atoms with Crippen LogP contribution in [-0.4, -0.2) is 43.4 Å². The van der Waals surface area contributed by atoms with Crippen LogP contribution in [0.2, 0.25) is 0 Å². The van der Waals surface area contributed by atoms with E-state index in [1.54, 1.807) is 13.2 Å². The molecule has 1 saturated carbocycles. The Labute approximate surface area is 156 Å². The zero-order valence-electron chi connectivity index (χ0n) is 14.3. The molecule has 1 aromatic heterocycles. The summed E-state index contributed by atoms with van der Waals surface area (Å²) in [5.74, 6) is -0.0388. The van der Waals surface area contributed by atoms with Crippen LogP contribution in [0.1, 0.15) is 36.0 Å². The zero-order chi connectivity index (χ0) is 17.6. The van der Waals surface area contributed by atoms with Gasteiger partial charge in [0, 0.05) is 18.5 Å². The molecule has 3 rings (SSSR count). The molecule has 0 atom stereocenters. The van der Waals surface area contributed by atoms with Crippen molar-refractivity contribution in [2.75, 3.05) is 20.3 Å². The van der Waals surface area contributed by atoms with E-state index in [2.05, 4.69) is 26.2 Å². The molecule has 0 saturated heterocycles. The third-order valence-corrected chi connectivity index (χ3v) is 4.99. The number of carbonyl (C=O) groups is 1. The van der Waals surface area contributed by atoms with Crippen LogP contribution >= 0.6 is 15.9 Å². The molecule has 6 heteroatoms. The molecule has 134 valence electrons. The minimum absolute atomic E-state index is 0.0388. The van der Waals surface area contributed by atoms with Crippen molar-refractivity contribution in [1.82, 2.24) is 10.3 Å². The Morgan fingerprint density at radius 3 is 2.76 bits per heavy atom. The van der Waals surface area contributed by atoms with Crippen molar-refractivity contribution in [2.45, 2.75) is 37.8 Å². The van der Waals surface area contributed by atoms with Gasteiger partial charge in [0.15, 0.2) is 0 Å². The summed E-state index contributed by atoms with van der Waals surface area (Å²) in [6.45, 7) is 1.26. The largest absolute Gasteiger partial charge is 0.382 e. The Morgan fingerprint density at radius 1 is 1.24 bits per heavy atom. The summed E-state index contributed by atoms with van der Waals surface area (Å²) in [4.78, 5) is 17.2. The van der Waals surface area contributed by atoms with E-state index in [-0.39, 0.29) is 18.1 Å². The minimum atomic E-state index is -0.0388. The number of nitrogens with zero attached hydrogens (tertiary/aromatic N) is 1. The third-order valence-electron chi connectivity index (χ3n) is 4.58. The van der Waals surface area contributed by atoms with Crippen LogP contribution < -0.4 is 5.32 Å². The number of hydrogen-bond acceptors (Lipinski definition) is 4. The van der Waals surface area contributed by atoms with E-state index in [4.69, 9.17) is 9.47 Å². The molecule has 0 unspecified atom stereocenters. The lowest BCUT2D eigenvalue weighted by molar-refractivity contribution is -0.00408. The number of rotatable bonds is 6. The molecule has 1 heterocycles. The molecule has 1 amide bonds. The number of fused-ring (bicyclic) bond motifs is 1. The van der Waals surface area contributed by atoms with Crippen molar-refractivity contribution in [3.63, 3.8) is 0 Å². The van der Waals surface area contributed by atoms with Crippen molar-refractivity contribution in [3.8, 4) is 0 Å². The molecule has 0 aliphatic heterocycles. The van der Waals surface area contributed by atoms with Crippen molar-refractivity contribution < 1.29 is 14.3 Å². The van der Waals surface area contributed by atoms with Crippen LogP contribution in [0.4, 0.5) is 0 Å². The number of halogens is 1. The molecule has 1 aliphatic carbocycles. The summed E-state index contributed by atoms with van der Waals surface area (Å²) < 4.78 is 11.5. The highest BCUT2D eigenvalue weighted by Gasteiger charge is 2.24. The second-order valence-corrected chi connectivity index (χ2v) is 7.13. The number of hydrogen-bond donors (Lipinski definition) is 1. The van der Waals surface area contributed by atoms with Gasteiger partial charge in [-0.05, 0) is 53.7 Å². The molecule has 5 nitrogen and oxygen atoms in total. The molecule has 0 spiro atoms. The number of amides is 1. The lowest BCUT2D eigenvalue weighted by Crippen LogP contribution is -2.39. The topological polar surface area (TPSA) is 60.5 Å². The molecule has 0 bridgehead atoms. The predicted molar refractivity (Wildman–Crippen MR) is 101 cm³/mol. The molecule has 0 radical (unpaired) electrons. The summed E-state index contributed by atoms with van der Waals surface area (Å²) >= 11 is 3.40. The van der Waals surface area contributed by atoms with Gasteiger partial charge >= 0.3 is 0 Å². The smallest absolute Gasteiger partial charge is 0.252 e. The van der Waals surface area contributed by atoms with Crippen LogP contribution in [0.5, 0.6) is 0 Å². The van der Waals surface area contributed by atoms with Crippen LogP contribution in [0.15, 0.2) is 34.9 Å². The first-order valence-corrected chi connectivity index (χ1v) is 9.43. The number of carbonyl (C=O) groups excluding carboxylic acids is 1. The predicted octanol–water partition coefficient (Wildman–Crippen LogP) is 3.70. The normalized spacial score (nSPS) is 20.6. The van der Waals surface area contributed by atoms with Crippen LogP contribution in [0.3, 0.4) is 0 Å². The quantitative estimate of drug-likeness (QED) is 0.586. The summed E-state index contributed by atoms with van der Waals surface area (Å²) in [5, 5.41) is 4.05. The molecular formula is C19H23BrN2O3. The van der Waals surface area contributed by atoms with Crippen LogP contribution in [0, 0.1) is 0 Å². The highest BCUT2D eigenvalue weighted by atomic mass is 79.9. The molecule has 1 fully saturated rings. The number of methoxy groups -OCH3 is 1. The van der Waals surface area contributed by atoms with Gasteiger partial charge in [-0.3, -0.25) is 4.79 Å². The number of pyridine rings is 1. The Kier molecular flexibility index (Phi) is 6.39.